The number of fused-ring (bicyclic) bond motifs is 1. The van der Waals surface area contributed by atoms with Crippen molar-refractivity contribution in [3.8, 4) is 0 Å². The van der Waals surface area contributed by atoms with Gasteiger partial charge in [-0.2, -0.15) is 0 Å². The molecule has 106 valence electrons. The molecule has 1 aliphatic rings. The molecule has 5 heteroatoms. The van der Waals surface area contributed by atoms with Gasteiger partial charge in [0.05, 0.1) is 11.9 Å². The number of sulfone groups is 1. The second-order valence-corrected chi connectivity index (χ2v) is 7.43. The van der Waals surface area contributed by atoms with Gasteiger partial charge in [0, 0.05) is 18.8 Å². The van der Waals surface area contributed by atoms with Crippen LogP contribution in [0.1, 0.15) is 24.2 Å². The molecule has 2 rings (SSSR count). The van der Waals surface area contributed by atoms with E-state index in [9.17, 15) is 13.5 Å². The highest BCUT2D eigenvalue weighted by Crippen LogP contribution is 2.34. The average Bonchev–Trinajstić information content (AvgIpc) is 2.67. The highest BCUT2D eigenvalue weighted by Gasteiger charge is 2.34. The molecule has 1 aromatic rings. The lowest BCUT2D eigenvalue weighted by atomic mass is 10.1. The van der Waals surface area contributed by atoms with Gasteiger partial charge in [0.1, 0.15) is 9.84 Å². The summed E-state index contributed by atoms with van der Waals surface area (Å²) in [6.45, 7) is 3.22. The van der Waals surface area contributed by atoms with E-state index < -0.39 is 15.9 Å². The lowest BCUT2D eigenvalue weighted by Gasteiger charge is -2.29. The highest BCUT2D eigenvalue weighted by atomic mass is 32.2. The third-order valence-corrected chi connectivity index (χ3v) is 4.72. The van der Waals surface area contributed by atoms with Crippen LogP contribution in [0, 0.1) is 0 Å². The molecule has 0 aromatic heterocycles. The Morgan fingerprint density at radius 1 is 1.37 bits per heavy atom. The van der Waals surface area contributed by atoms with Gasteiger partial charge in [0.15, 0.2) is 0 Å². The molecule has 0 amide bonds. The molecule has 0 saturated carbocycles. The molecule has 0 radical (unpaired) electrons. The van der Waals surface area contributed by atoms with Gasteiger partial charge in [-0.25, -0.2) is 8.42 Å². The van der Waals surface area contributed by atoms with Gasteiger partial charge in [0.25, 0.3) is 0 Å². The monoisotopic (exact) mass is 283 g/mol. The minimum absolute atomic E-state index is 0.0100. The fraction of sp³-hybridized carbons (Fsp3) is 0.571. The fourth-order valence-corrected chi connectivity index (χ4v) is 3.29. The topological polar surface area (TPSA) is 57.6 Å². The summed E-state index contributed by atoms with van der Waals surface area (Å²) in [6.07, 6.45) is 1.52. The van der Waals surface area contributed by atoms with E-state index in [1.165, 1.54) is 6.26 Å². The Hall–Kier alpha value is -0.910. The predicted molar refractivity (Wildman–Crippen MR) is 75.9 cm³/mol. The number of likely N-dealkylation sites (N-methyl/N-ethyl adjacent to an activating group) is 1. The summed E-state index contributed by atoms with van der Waals surface area (Å²) in [5, 5.41) is 10.4. The summed E-state index contributed by atoms with van der Waals surface area (Å²) < 4.78 is 22.6. The number of rotatable bonds is 5. The molecule has 0 spiro atoms. The van der Waals surface area contributed by atoms with Crippen LogP contribution >= 0.6 is 0 Å². The van der Waals surface area contributed by atoms with Crippen molar-refractivity contribution in [2.75, 3.05) is 25.1 Å². The Morgan fingerprint density at radius 2 is 2.05 bits per heavy atom. The number of aliphatic hydroxyl groups is 1. The lowest BCUT2D eigenvalue weighted by molar-refractivity contribution is 0.0673. The fourth-order valence-electron chi connectivity index (χ4n) is 2.72. The van der Waals surface area contributed by atoms with Crippen molar-refractivity contribution in [1.29, 1.82) is 0 Å². The molecule has 1 N–H and O–H groups in total. The van der Waals surface area contributed by atoms with Crippen LogP contribution in [-0.4, -0.2) is 49.6 Å². The van der Waals surface area contributed by atoms with Crippen molar-refractivity contribution >= 4 is 9.84 Å². The van der Waals surface area contributed by atoms with E-state index in [-0.39, 0.29) is 11.8 Å². The molecule has 0 fully saturated rings. The quantitative estimate of drug-likeness (QED) is 0.876. The molecule has 2 unspecified atom stereocenters. The molecule has 2 atom stereocenters. The average molecular weight is 283 g/mol. The van der Waals surface area contributed by atoms with Gasteiger partial charge in [-0.05, 0) is 24.1 Å². The molecule has 1 aromatic carbocycles. The first-order valence-electron chi connectivity index (χ1n) is 6.60. The van der Waals surface area contributed by atoms with Crippen molar-refractivity contribution in [3.63, 3.8) is 0 Å². The first-order chi connectivity index (χ1) is 8.92. The molecule has 0 aliphatic heterocycles. The zero-order chi connectivity index (χ0) is 14.0. The molecular formula is C14H21NO3S. The maximum Gasteiger partial charge on any atom is 0.148 e. The van der Waals surface area contributed by atoms with E-state index in [2.05, 4.69) is 4.90 Å². The second kappa shape index (κ2) is 5.61. The standard InChI is InChI=1S/C14H21NO3S/c1-3-15(8-9-19(2,17)18)13-10-11-6-4-5-7-12(11)14(13)16/h4-7,13-14,16H,3,8-10H2,1-2H3. The predicted octanol–water partition coefficient (Wildman–Crippen LogP) is 1.01. The Morgan fingerprint density at radius 3 is 2.63 bits per heavy atom. The van der Waals surface area contributed by atoms with Crippen molar-refractivity contribution < 1.29 is 13.5 Å². The third kappa shape index (κ3) is 3.35. The highest BCUT2D eigenvalue weighted by molar-refractivity contribution is 7.90. The maximum atomic E-state index is 11.3. The summed E-state index contributed by atoms with van der Waals surface area (Å²) >= 11 is 0. The lowest BCUT2D eigenvalue weighted by Crippen LogP contribution is -2.40. The van der Waals surface area contributed by atoms with E-state index in [1.807, 2.05) is 31.2 Å². The van der Waals surface area contributed by atoms with Crippen molar-refractivity contribution in [2.45, 2.75) is 25.5 Å². The zero-order valence-corrected chi connectivity index (χ0v) is 12.2. The van der Waals surface area contributed by atoms with E-state index in [0.29, 0.717) is 6.54 Å². The number of nitrogens with zero attached hydrogens (tertiary/aromatic N) is 1. The molecular weight excluding hydrogens is 262 g/mol. The first-order valence-corrected chi connectivity index (χ1v) is 8.66. The van der Waals surface area contributed by atoms with Crippen LogP contribution in [0.2, 0.25) is 0 Å². The molecule has 4 nitrogen and oxygen atoms in total. The van der Waals surface area contributed by atoms with Crippen LogP contribution in [0.25, 0.3) is 0 Å². The van der Waals surface area contributed by atoms with Crippen LogP contribution in [0.5, 0.6) is 0 Å². The van der Waals surface area contributed by atoms with E-state index >= 15 is 0 Å². The largest absolute Gasteiger partial charge is 0.387 e. The summed E-state index contributed by atoms with van der Waals surface area (Å²) in [5.74, 6) is 0.139. The van der Waals surface area contributed by atoms with Gasteiger partial charge in [-0.15, -0.1) is 0 Å². The van der Waals surface area contributed by atoms with Crippen LogP contribution in [-0.2, 0) is 16.3 Å². The van der Waals surface area contributed by atoms with Gasteiger partial charge in [-0.3, -0.25) is 4.90 Å². The zero-order valence-electron chi connectivity index (χ0n) is 11.4. The summed E-state index contributed by atoms with van der Waals surface area (Å²) in [4.78, 5) is 2.06. The number of aliphatic hydroxyl groups excluding tert-OH is 1. The van der Waals surface area contributed by atoms with Crippen LogP contribution < -0.4 is 0 Å². The van der Waals surface area contributed by atoms with Crippen LogP contribution in [0.15, 0.2) is 24.3 Å². The van der Waals surface area contributed by atoms with Gasteiger partial charge < -0.3 is 5.11 Å². The van der Waals surface area contributed by atoms with Crippen molar-refractivity contribution in [3.05, 3.63) is 35.4 Å². The summed E-state index contributed by atoms with van der Waals surface area (Å²) in [5.41, 5.74) is 2.14. The summed E-state index contributed by atoms with van der Waals surface area (Å²) in [6, 6.07) is 7.87. The van der Waals surface area contributed by atoms with E-state index in [4.69, 9.17) is 0 Å². The van der Waals surface area contributed by atoms with Gasteiger partial charge >= 0.3 is 0 Å². The second-order valence-electron chi connectivity index (χ2n) is 5.17. The molecule has 0 heterocycles. The third-order valence-electron chi connectivity index (χ3n) is 3.79. The SMILES string of the molecule is CCN(CCS(C)(=O)=O)C1Cc2ccccc2C1O. The minimum Gasteiger partial charge on any atom is -0.387 e. The Balaban J connectivity index is 2.10. The molecule has 1 aliphatic carbocycles. The van der Waals surface area contributed by atoms with Gasteiger partial charge in [-0.1, -0.05) is 31.2 Å². The van der Waals surface area contributed by atoms with Crippen molar-refractivity contribution in [2.24, 2.45) is 0 Å². The Labute approximate surface area is 115 Å². The van der Waals surface area contributed by atoms with Crippen LogP contribution in [0.3, 0.4) is 0 Å². The molecule has 19 heavy (non-hydrogen) atoms. The first kappa shape index (κ1) is 14.5. The number of benzene rings is 1. The van der Waals surface area contributed by atoms with E-state index in [1.54, 1.807) is 0 Å². The maximum absolute atomic E-state index is 11.3. The van der Waals surface area contributed by atoms with Crippen LogP contribution in [0.4, 0.5) is 0 Å². The van der Waals surface area contributed by atoms with Crippen molar-refractivity contribution in [1.82, 2.24) is 4.90 Å². The number of hydrogen-bond acceptors (Lipinski definition) is 4. The Bertz CT molecular complexity index is 541. The van der Waals surface area contributed by atoms with Gasteiger partial charge in [0.2, 0.25) is 0 Å². The summed E-state index contributed by atoms with van der Waals surface area (Å²) in [7, 11) is -2.97. The van der Waals surface area contributed by atoms with E-state index in [0.717, 1.165) is 24.1 Å². The molecule has 0 saturated heterocycles. The smallest absolute Gasteiger partial charge is 0.148 e. The molecule has 0 bridgehead atoms. The minimum atomic E-state index is -2.97. The normalized spacial score (nSPS) is 22.7. The Kier molecular flexibility index (Phi) is 4.28. The number of hydrogen-bond donors (Lipinski definition) is 1.